The van der Waals surface area contributed by atoms with E-state index in [0.29, 0.717) is 5.75 Å². The Bertz CT molecular complexity index is 564. The summed E-state index contributed by atoms with van der Waals surface area (Å²) >= 11 is 0. The number of benzene rings is 2. The first-order valence-electron chi connectivity index (χ1n) is 6.16. The van der Waals surface area contributed by atoms with Crippen LogP contribution in [0.1, 0.15) is 24.1 Å². The van der Waals surface area contributed by atoms with E-state index in [4.69, 9.17) is 4.74 Å². The predicted molar refractivity (Wildman–Crippen MR) is 77.1 cm³/mol. The largest absolute Gasteiger partial charge is 0.504 e. The number of rotatable bonds is 4. The van der Waals surface area contributed by atoms with Crippen LogP contribution in [0.4, 0.5) is 0 Å². The molecule has 0 amide bonds. The summed E-state index contributed by atoms with van der Waals surface area (Å²) in [5.41, 5.74) is 2.07. The predicted octanol–water partition coefficient (Wildman–Crippen LogP) is 3.58. The Morgan fingerprint density at radius 2 is 1.89 bits per heavy atom. The molecule has 19 heavy (non-hydrogen) atoms. The maximum atomic E-state index is 9.52. The van der Waals surface area contributed by atoms with Crippen LogP contribution in [0.25, 0.3) is 0 Å². The van der Waals surface area contributed by atoms with Crippen molar-refractivity contribution in [2.45, 2.75) is 13.0 Å². The number of hydrogen-bond acceptors (Lipinski definition) is 3. The Labute approximate surface area is 113 Å². The minimum atomic E-state index is 0.0981. The van der Waals surface area contributed by atoms with E-state index in [2.05, 4.69) is 17.1 Å². The molecular weight excluding hydrogens is 238 g/mol. The van der Waals surface area contributed by atoms with E-state index < -0.39 is 0 Å². The number of phenols is 1. The fourth-order valence-corrected chi connectivity index (χ4v) is 1.79. The average Bonchev–Trinajstić information content (AvgIpc) is 2.47. The maximum absolute atomic E-state index is 9.52. The molecule has 0 saturated heterocycles. The van der Waals surface area contributed by atoms with Crippen molar-refractivity contribution in [3.63, 3.8) is 0 Å². The molecule has 2 aromatic rings. The van der Waals surface area contributed by atoms with Gasteiger partial charge in [-0.3, -0.25) is 4.99 Å². The number of phenolic OH excluding ortho intramolecular Hbond substituents is 1. The molecule has 0 aliphatic rings. The Kier molecular flexibility index (Phi) is 4.18. The van der Waals surface area contributed by atoms with Crippen LogP contribution in [0.5, 0.6) is 11.5 Å². The summed E-state index contributed by atoms with van der Waals surface area (Å²) in [5, 5.41) is 9.52. The van der Waals surface area contributed by atoms with Gasteiger partial charge in [0.15, 0.2) is 11.5 Å². The van der Waals surface area contributed by atoms with Crippen LogP contribution in [0.3, 0.4) is 0 Å². The highest BCUT2D eigenvalue weighted by Crippen LogP contribution is 2.26. The summed E-state index contributed by atoms with van der Waals surface area (Å²) in [6.07, 6.45) is 1.79. The molecule has 0 saturated carbocycles. The minimum absolute atomic E-state index is 0.0981. The van der Waals surface area contributed by atoms with Crippen molar-refractivity contribution in [1.82, 2.24) is 0 Å². The molecule has 0 aliphatic heterocycles. The Balaban J connectivity index is 2.14. The van der Waals surface area contributed by atoms with Gasteiger partial charge in [0.25, 0.3) is 0 Å². The second-order valence-corrected chi connectivity index (χ2v) is 4.30. The van der Waals surface area contributed by atoms with Crippen molar-refractivity contribution >= 4 is 6.21 Å². The van der Waals surface area contributed by atoms with Crippen LogP contribution in [0.15, 0.2) is 53.5 Å². The van der Waals surface area contributed by atoms with Crippen molar-refractivity contribution in [2.24, 2.45) is 4.99 Å². The van der Waals surface area contributed by atoms with E-state index in [9.17, 15) is 5.11 Å². The van der Waals surface area contributed by atoms with E-state index in [-0.39, 0.29) is 11.8 Å². The average molecular weight is 255 g/mol. The van der Waals surface area contributed by atoms with Crippen molar-refractivity contribution in [1.29, 1.82) is 0 Å². The molecule has 0 spiro atoms. The summed E-state index contributed by atoms with van der Waals surface area (Å²) in [5.74, 6) is 0.590. The summed E-state index contributed by atoms with van der Waals surface area (Å²) in [6.45, 7) is 2.05. The number of aromatic hydroxyl groups is 1. The Morgan fingerprint density at radius 3 is 2.58 bits per heavy atom. The lowest BCUT2D eigenvalue weighted by Gasteiger charge is -2.07. The summed E-state index contributed by atoms with van der Waals surface area (Å²) in [4.78, 5) is 4.51. The molecule has 2 rings (SSSR count). The van der Waals surface area contributed by atoms with Gasteiger partial charge in [0.2, 0.25) is 0 Å². The van der Waals surface area contributed by atoms with Gasteiger partial charge in [-0.2, -0.15) is 0 Å². The topological polar surface area (TPSA) is 41.8 Å². The molecule has 3 heteroatoms. The molecule has 0 radical (unpaired) electrons. The molecule has 0 aromatic heterocycles. The number of nitrogens with zero attached hydrogens (tertiary/aromatic N) is 1. The van der Waals surface area contributed by atoms with Crippen molar-refractivity contribution in [3.8, 4) is 11.5 Å². The fourth-order valence-electron chi connectivity index (χ4n) is 1.79. The third-order valence-electron chi connectivity index (χ3n) is 2.93. The summed E-state index contributed by atoms with van der Waals surface area (Å²) in [7, 11) is 1.53. The monoisotopic (exact) mass is 255 g/mol. The lowest BCUT2D eigenvalue weighted by molar-refractivity contribution is 0.373. The van der Waals surface area contributed by atoms with E-state index in [1.165, 1.54) is 12.7 Å². The van der Waals surface area contributed by atoms with Gasteiger partial charge in [0, 0.05) is 6.21 Å². The Hall–Kier alpha value is -2.29. The highest BCUT2D eigenvalue weighted by molar-refractivity contribution is 5.81. The van der Waals surface area contributed by atoms with Gasteiger partial charge in [-0.05, 0) is 36.2 Å². The first-order valence-corrected chi connectivity index (χ1v) is 6.16. The van der Waals surface area contributed by atoms with Gasteiger partial charge in [-0.25, -0.2) is 0 Å². The summed E-state index contributed by atoms with van der Waals surface area (Å²) in [6, 6.07) is 15.4. The van der Waals surface area contributed by atoms with Crippen LogP contribution in [0, 0.1) is 0 Å². The zero-order valence-corrected chi connectivity index (χ0v) is 11.1. The molecule has 0 fully saturated rings. The van der Waals surface area contributed by atoms with Crippen molar-refractivity contribution < 1.29 is 9.84 Å². The van der Waals surface area contributed by atoms with Crippen molar-refractivity contribution in [3.05, 3.63) is 59.7 Å². The Morgan fingerprint density at radius 1 is 1.16 bits per heavy atom. The molecule has 0 bridgehead atoms. The van der Waals surface area contributed by atoms with Gasteiger partial charge in [-0.1, -0.05) is 30.3 Å². The number of ether oxygens (including phenoxy) is 1. The van der Waals surface area contributed by atoms with E-state index in [1.54, 1.807) is 24.4 Å². The van der Waals surface area contributed by atoms with Crippen LogP contribution >= 0.6 is 0 Å². The quantitative estimate of drug-likeness (QED) is 0.848. The maximum Gasteiger partial charge on any atom is 0.161 e. The first-order chi connectivity index (χ1) is 9.20. The third-order valence-corrected chi connectivity index (χ3v) is 2.93. The van der Waals surface area contributed by atoms with Crippen LogP contribution < -0.4 is 4.74 Å². The zero-order chi connectivity index (χ0) is 13.7. The van der Waals surface area contributed by atoms with E-state index >= 15 is 0 Å². The van der Waals surface area contributed by atoms with Crippen LogP contribution in [-0.4, -0.2) is 18.4 Å². The fraction of sp³-hybridized carbons (Fsp3) is 0.188. The number of methoxy groups -OCH3 is 1. The lowest BCUT2D eigenvalue weighted by Crippen LogP contribution is -1.91. The molecule has 2 aromatic carbocycles. The first kappa shape index (κ1) is 13.1. The van der Waals surface area contributed by atoms with Gasteiger partial charge >= 0.3 is 0 Å². The van der Waals surface area contributed by atoms with Crippen LogP contribution in [0.2, 0.25) is 0 Å². The number of hydrogen-bond donors (Lipinski definition) is 1. The highest BCUT2D eigenvalue weighted by Gasteiger charge is 2.03. The van der Waals surface area contributed by atoms with Gasteiger partial charge < -0.3 is 9.84 Å². The SMILES string of the molecule is COc1cc(C=N[C@H](C)c2ccccc2)ccc1O. The molecule has 0 unspecified atom stereocenters. The standard InChI is InChI=1S/C16H17NO2/c1-12(14-6-4-3-5-7-14)17-11-13-8-9-15(18)16(10-13)19-2/h3-12,18H,1-2H3/t12-/m1/s1. The van der Waals surface area contributed by atoms with Crippen LogP contribution in [-0.2, 0) is 0 Å². The molecule has 1 N–H and O–H groups in total. The molecule has 98 valence electrons. The van der Waals surface area contributed by atoms with Gasteiger partial charge in [0.05, 0.1) is 13.2 Å². The van der Waals surface area contributed by atoms with E-state index in [1.807, 2.05) is 25.1 Å². The molecule has 1 atom stereocenters. The number of aliphatic imine (C=N–C) groups is 1. The summed E-state index contributed by atoms with van der Waals surface area (Å²) < 4.78 is 5.07. The van der Waals surface area contributed by atoms with E-state index in [0.717, 1.165) is 5.56 Å². The molecule has 0 aliphatic carbocycles. The molecular formula is C16H17NO2. The lowest BCUT2D eigenvalue weighted by atomic mass is 10.1. The zero-order valence-electron chi connectivity index (χ0n) is 11.1. The third kappa shape index (κ3) is 3.35. The molecule has 3 nitrogen and oxygen atoms in total. The smallest absolute Gasteiger partial charge is 0.161 e. The normalized spacial score (nSPS) is 12.5. The van der Waals surface area contributed by atoms with Gasteiger partial charge in [-0.15, -0.1) is 0 Å². The van der Waals surface area contributed by atoms with Crippen molar-refractivity contribution in [2.75, 3.05) is 7.11 Å². The second kappa shape index (κ2) is 6.05. The van der Waals surface area contributed by atoms with Gasteiger partial charge in [0.1, 0.15) is 0 Å². The minimum Gasteiger partial charge on any atom is -0.504 e. The highest BCUT2D eigenvalue weighted by atomic mass is 16.5. The molecule has 0 heterocycles. The second-order valence-electron chi connectivity index (χ2n) is 4.30.